The maximum absolute atomic E-state index is 12.3. The second-order valence-electron chi connectivity index (χ2n) is 4.43. The third-order valence-corrected chi connectivity index (χ3v) is 4.24. The highest BCUT2D eigenvalue weighted by atomic mass is 79.9. The molecule has 0 heterocycles. The lowest BCUT2D eigenvalue weighted by Crippen LogP contribution is -2.26. The smallest absolute Gasteiger partial charge is 0.255 e. The van der Waals surface area contributed by atoms with E-state index in [9.17, 15) is 4.79 Å². The molecule has 21 heavy (non-hydrogen) atoms. The van der Waals surface area contributed by atoms with E-state index in [0.717, 1.165) is 12.8 Å². The van der Waals surface area contributed by atoms with Gasteiger partial charge in [0.2, 0.25) is 5.75 Å². The number of alkyl halides is 1. The second-order valence-corrected chi connectivity index (χ2v) is 5.73. The van der Waals surface area contributed by atoms with Gasteiger partial charge in [-0.15, -0.1) is 0 Å². The van der Waals surface area contributed by atoms with Gasteiger partial charge in [0, 0.05) is 11.4 Å². The topological polar surface area (TPSA) is 56.8 Å². The summed E-state index contributed by atoms with van der Waals surface area (Å²) in [5, 5.41) is 2.88. The van der Waals surface area contributed by atoms with Gasteiger partial charge in [-0.1, -0.05) is 22.9 Å². The van der Waals surface area contributed by atoms with Gasteiger partial charge < -0.3 is 19.5 Å². The first kappa shape index (κ1) is 17.6. The van der Waals surface area contributed by atoms with Crippen LogP contribution in [0.5, 0.6) is 17.2 Å². The van der Waals surface area contributed by atoms with Crippen molar-refractivity contribution in [1.82, 2.24) is 5.32 Å². The maximum atomic E-state index is 12.3. The van der Waals surface area contributed by atoms with Crippen LogP contribution in [0, 0.1) is 0 Å². The van der Waals surface area contributed by atoms with Gasteiger partial charge in [0.25, 0.3) is 5.91 Å². The number of hydrogen-bond donors (Lipinski definition) is 1. The number of carbonyl (C=O) groups is 1. The first-order chi connectivity index (χ1) is 10.1. The fourth-order valence-corrected chi connectivity index (χ4v) is 2.15. The van der Waals surface area contributed by atoms with Crippen molar-refractivity contribution < 1.29 is 19.0 Å². The molecule has 0 aliphatic carbocycles. The van der Waals surface area contributed by atoms with Gasteiger partial charge in [-0.2, -0.15) is 0 Å². The zero-order valence-corrected chi connectivity index (χ0v) is 14.5. The summed E-state index contributed by atoms with van der Waals surface area (Å²) in [6.45, 7) is 2.69. The summed E-state index contributed by atoms with van der Waals surface area (Å²) in [6, 6.07) is 3.36. The van der Waals surface area contributed by atoms with E-state index in [0.29, 0.717) is 34.2 Å². The molecule has 1 atom stereocenters. The minimum Gasteiger partial charge on any atom is -0.493 e. The van der Waals surface area contributed by atoms with Gasteiger partial charge in [0.05, 0.1) is 26.9 Å². The predicted molar refractivity (Wildman–Crippen MR) is 86.1 cm³/mol. The number of nitrogens with one attached hydrogen (secondary N) is 1. The van der Waals surface area contributed by atoms with E-state index >= 15 is 0 Å². The van der Waals surface area contributed by atoms with Crippen molar-refractivity contribution in [2.24, 2.45) is 0 Å². The number of hydrogen-bond acceptors (Lipinski definition) is 4. The fourth-order valence-electron chi connectivity index (χ4n) is 1.92. The van der Waals surface area contributed by atoms with Crippen LogP contribution in [0.1, 0.15) is 30.1 Å². The molecule has 0 aliphatic heterocycles. The highest BCUT2D eigenvalue weighted by Crippen LogP contribution is 2.39. The molecule has 0 fully saturated rings. The Kier molecular flexibility index (Phi) is 7.36. The lowest BCUT2D eigenvalue weighted by Gasteiger charge is -2.15. The molecular formula is C15H22BrNO4. The Labute approximate surface area is 134 Å². The largest absolute Gasteiger partial charge is 0.493 e. The molecule has 1 N–H and O–H groups in total. The van der Waals surface area contributed by atoms with E-state index in [1.165, 1.54) is 21.3 Å². The number of benzene rings is 1. The number of carbonyl (C=O) groups excluding carboxylic acids is 1. The highest BCUT2D eigenvalue weighted by molar-refractivity contribution is 9.09. The van der Waals surface area contributed by atoms with Crippen LogP contribution in [0.15, 0.2) is 12.1 Å². The van der Waals surface area contributed by atoms with Gasteiger partial charge in [0.1, 0.15) is 0 Å². The lowest BCUT2D eigenvalue weighted by molar-refractivity contribution is 0.0949. The summed E-state index contributed by atoms with van der Waals surface area (Å²) in [6.07, 6.45) is 1.90. The van der Waals surface area contributed by atoms with Crippen LogP contribution in [-0.2, 0) is 0 Å². The van der Waals surface area contributed by atoms with Crippen LogP contribution < -0.4 is 19.5 Å². The summed E-state index contributed by atoms with van der Waals surface area (Å²) in [5.41, 5.74) is 0.428. The van der Waals surface area contributed by atoms with E-state index in [4.69, 9.17) is 14.2 Å². The fraction of sp³-hybridized carbons (Fsp3) is 0.533. The van der Waals surface area contributed by atoms with Gasteiger partial charge in [-0.25, -0.2) is 0 Å². The van der Waals surface area contributed by atoms with Crippen LogP contribution >= 0.6 is 15.9 Å². The first-order valence-electron chi connectivity index (χ1n) is 6.80. The molecule has 6 heteroatoms. The standard InChI is InChI=1S/C15H22BrNO4/c1-5-10(16)8-9-17-15(18)11-6-7-12(19-2)14(21-4)13(11)20-3/h6-7,10H,5,8-9H2,1-4H3,(H,17,18). The third-order valence-electron chi connectivity index (χ3n) is 3.13. The number of halogens is 1. The molecule has 1 rings (SSSR count). The van der Waals surface area contributed by atoms with Gasteiger partial charge in [-0.05, 0) is 25.0 Å². The Hall–Kier alpha value is -1.43. The molecule has 1 aromatic carbocycles. The van der Waals surface area contributed by atoms with E-state index in [2.05, 4.69) is 28.2 Å². The number of ether oxygens (including phenoxy) is 3. The van der Waals surface area contributed by atoms with E-state index in [1.807, 2.05) is 0 Å². The Balaban J connectivity index is 2.89. The van der Waals surface area contributed by atoms with E-state index in [1.54, 1.807) is 12.1 Å². The van der Waals surface area contributed by atoms with Gasteiger partial charge >= 0.3 is 0 Å². The normalized spacial score (nSPS) is 11.7. The molecule has 0 aliphatic rings. The van der Waals surface area contributed by atoms with Crippen molar-refractivity contribution in [3.8, 4) is 17.2 Å². The Morgan fingerprint density at radius 2 is 1.86 bits per heavy atom. The SMILES string of the molecule is CCC(Br)CCNC(=O)c1ccc(OC)c(OC)c1OC. The van der Waals surface area contributed by atoms with Crippen molar-refractivity contribution in [3.05, 3.63) is 17.7 Å². The van der Waals surface area contributed by atoms with Crippen molar-refractivity contribution in [3.63, 3.8) is 0 Å². The highest BCUT2D eigenvalue weighted by Gasteiger charge is 2.20. The van der Waals surface area contributed by atoms with Crippen LogP contribution in [-0.4, -0.2) is 38.6 Å². The first-order valence-corrected chi connectivity index (χ1v) is 7.71. The van der Waals surface area contributed by atoms with Crippen LogP contribution in [0.2, 0.25) is 0 Å². The maximum Gasteiger partial charge on any atom is 0.255 e. The predicted octanol–water partition coefficient (Wildman–Crippen LogP) is 3.01. The summed E-state index contributed by atoms with van der Waals surface area (Å²) in [4.78, 5) is 12.7. The average Bonchev–Trinajstić information content (AvgIpc) is 2.52. The lowest BCUT2D eigenvalue weighted by atomic mass is 10.1. The molecule has 118 valence electrons. The van der Waals surface area contributed by atoms with Gasteiger partial charge in [-0.3, -0.25) is 4.79 Å². The zero-order chi connectivity index (χ0) is 15.8. The minimum absolute atomic E-state index is 0.191. The number of rotatable bonds is 8. The Morgan fingerprint density at radius 1 is 1.19 bits per heavy atom. The number of methoxy groups -OCH3 is 3. The zero-order valence-electron chi connectivity index (χ0n) is 12.9. The summed E-state index contributed by atoms with van der Waals surface area (Å²) < 4.78 is 15.8. The monoisotopic (exact) mass is 359 g/mol. The van der Waals surface area contributed by atoms with Crippen molar-refractivity contribution >= 4 is 21.8 Å². The van der Waals surface area contributed by atoms with Crippen LogP contribution in [0.3, 0.4) is 0 Å². The van der Waals surface area contributed by atoms with E-state index < -0.39 is 0 Å². The van der Waals surface area contributed by atoms with Crippen molar-refractivity contribution in [2.45, 2.75) is 24.6 Å². The summed E-state index contributed by atoms with van der Waals surface area (Å²) >= 11 is 3.54. The second kappa shape index (κ2) is 8.77. The quantitative estimate of drug-likeness (QED) is 0.724. The van der Waals surface area contributed by atoms with Gasteiger partial charge in [0.15, 0.2) is 11.5 Å². The summed E-state index contributed by atoms with van der Waals surface area (Å²) in [5.74, 6) is 1.13. The molecule has 1 amide bonds. The Bertz CT molecular complexity index is 479. The van der Waals surface area contributed by atoms with Crippen molar-refractivity contribution in [2.75, 3.05) is 27.9 Å². The van der Waals surface area contributed by atoms with Crippen molar-refractivity contribution in [1.29, 1.82) is 0 Å². The molecule has 0 spiro atoms. The molecular weight excluding hydrogens is 338 g/mol. The molecule has 1 aromatic rings. The molecule has 1 unspecified atom stereocenters. The molecule has 0 saturated carbocycles. The average molecular weight is 360 g/mol. The molecule has 5 nitrogen and oxygen atoms in total. The molecule has 0 aromatic heterocycles. The molecule has 0 bridgehead atoms. The van der Waals surface area contributed by atoms with Crippen LogP contribution in [0.25, 0.3) is 0 Å². The number of amides is 1. The summed E-state index contributed by atoms with van der Waals surface area (Å²) in [7, 11) is 4.55. The van der Waals surface area contributed by atoms with Crippen LogP contribution in [0.4, 0.5) is 0 Å². The third kappa shape index (κ3) is 4.52. The molecule has 0 saturated heterocycles. The Morgan fingerprint density at radius 3 is 2.38 bits per heavy atom. The van der Waals surface area contributed by atoms with E-state index in [-0.39, 0.29) is 5.91 Å². The molecule has 0 radical (unpaired) electrons. The minimum atomic E-state index is -0.191.